The molecule has 0 radical (unpaired) electrons. The number of anilines is 1. The van der Waals surface area contributed by atoms with Crippen LogP contribution in [0.5, 0.6) is 11.6 Å². The summed E-state index contributed by atoms with van der Waals surface area (Å²) in [4.78, 5) is 8.51. The summed E-state index contributed by atoms with van der Waals surface area (Å²) in [6, 6.07) is 20.3. The van der Waals surface area contributed by atoms with Crippen LogP contribution in [-0.4, -0.2) is 23.0 Å². The van der Waals surface area contributed by atoms with Gasteiger partial charge >= 0.3 is 0 Å². The van der Waals surface area contributed by atoms with E-state index in [1.807, 2.05) is 29.1 Å². The predicted molar refractivity (Wildman–Crippen MR) is 105 cm³/mol. The van der Waals surface area contributed by atoms with E-state index in [4.69, 9.17) is 4.74 Å². The van der Waals surface area contributed by atoms with Crippen molar-refractivity contribution in [3.05, 3.63) is 91.5 Å². The summed E-state index contributed by atoms with van der Waals surface area (Å²) in [7, 11) is -3.63. The molecule has 0 amide bonds. The quantitative estimate of drug-likeness (QED) is 0.538. The Bertz CT molecular complexity index is 1160. The normalized spacial score (nSPS) is 11.1. The Labute approximate surface area is 162 Å². The molecule has 0 unspecified atom stereocenters. The highest BCUT2D eigenvalue weighted by Gasteiger charge is 2.13. The van der Waals surface area contributed by atoms with Crippen LogP contribution in [0.4, 0.5) is 5.69 Å². The van der Waals surface area contributed by atoms with Gasteiger partial charge in [-0.25, -0.2) is 18.4 Å². The Balaban J connectivity index is 1.48. The summed E-state index contributed by atoms with van der Waals surface area (Å²) in [6.07, 6.45) is 5.17. The number of aromatic nitrogens is 3. The number of hydrogen-bond acceptors (Lipinski definition) is 5. The Morgan fingerprint density at radius 3 is 2.29 bits per heavy atom. The third-order valence-corrected chi connectivity index (χ3v) is 5.28. The van der Waals surface area contributed by atoms with E-state index in [0.29, 0.717) is 23.1 Å². The van der Waals surface area contributed by atoms with Gasteiger partial charge in [-0.1, -0.05) is 18.2 Å². The summed E-state index contributed by atoms with van der Waals surface area (Å²) >= 11 is 0. The third kappa shape index (κ3) is 4.02. The molecule has 4 aromatic rings. The van der Waals surface area contributed by atoms with Crippen LogP contribution in [0.25, 0.3) is 5.82 Å². The number of nitrogens with one attached hydrogen (secondary N) is 1. The fraction of sp³-hybridized carbons (Fsp3) is 0. The second-order valence-corrected chi connectivity index (χ2v) is 7.53. The number of nitrogens with zero attached hydrogens (tertiary/aromatic N) is 3. The Hall–Kier alpha value is -3.65. The zero-order valence-electron chi connectivity index (χ0n) is 14.6. The molecular formula is C20H16N4O3S. The lowest BCUT2D eigenvalue weighted by molar-refractivity contribution is 0.461. The van der Waals surface area contributed by atoms with E-state index >= 15 is 0 Å². The number of hydrogen-bond donors (Lipinski definition) is 1. The molecule has 0 aliphatic carbocycles. The highest BCUT2D eigenvalue weighted by Crippen LogP contribution is 2.23. The van der Waals surface area contributed by atoms with Crippen LogP contribution in [0.1, 0.15) is 0 Å². The lowest BCUT2D eigenvalue weighted by atomic mass is 10.3. The molecular weight excluding hydrogens is 376 g/mol. The van der Waals surface area contributed by atoms with Gasteiger partial charge in [-0.05, 0) is 48.5 Å². The van der Waals surface area contributed by atoms with Gasteiger partial charge < -0.3 is 9.30 Å². The average Bonchev–Trinajstić information content (AvgIpc) is 3.25. The van der Waals surface area contributed by atoms with Crippen LogP contribution in [-0.2, 0) is 10.0 Å². The van der Waals surface area contributed by atoms with Gasteiger partial charge in [0.1, 0.15) is 17.9 Å². The smallest absolute Gasteiger partial charge is 0.261 e. The van der Waals surface area contributed by atoms with Crippen molar-refractivity contribution in [2.24, 2.45) is 0 Å². The first-order valence-corrected chi connectivity index (χ1v) is 9.90. The van der Waals surface area contributed by atoms with Gasteiger partial charge in [0.25, 0.3) is 10.0 Å². The van der Waals surface area contributed by atoms with Crippen LogP contribution in [0.2, 0.25) is 0 Å². The predicted octanol–water partition coefficient (Wildman–Crippen LogP) is 3.86. The molecule has 2 aromatic heterocycles. The summed E-state index contributed by atoms with van der Waals surface area (Å²) in [5.74, 6) is 1.60. The van der Waals surface area contributed by atoms with Crippen molar-refractivity contribution in [2.45, 2.75) is 4.90 Å². The minimum atomic E-state index is -3.63. The standard InChI is InChI=1S/C20H16N4O3S/c25-28(26,18-6-2-1-3-7-18)23-16-8-10-17(11-9-16)27-20-14-19(21-15-22-20)24-12-4-5-13-24/h1-15,23H. The molecule has 0 fully saturated rings. The highest BCUT2D eigenvalue weighted by molar-refractivity contribution is 7.92. The maximum absolute atomic E-state index is 12.4. The second-order valence-electron chi connectivity index (χ2n) is 5.85. The number of benzene rings is 2. The first-order valence-electron chi connectivity index (χ1n) is 8.41. The zero-order valence-corrected chi connectivity index (χ0v) is 15.5. The molecule has 2 heterocycles. The van der Waals surface area contributed by atoms with Crippen LogP contribution >= 0.6 is 0 Å². The molecule has 0 bridgehead atoms. The van der Waals surface area contributed by atoms with Crippen molar-refractivity contribution in [3.8, 4) is 17.4 Å². The molecule has 0 aliphatic heterocycles. The summed E-state index contributed by atoms with van der Waals surface area (Å²) in [5.41, 5.74) is 0.437. The fourth-order valence-corrected chi connectivity index (χ4v) is 3.62. The molecule has 1 N–H and O–H groups in total. The second kappa shape index (κ2) is 7.53. The van der Waals surface area contributed by atoms with Crippen molar-refractivity contribution in [3.63, 3.8) is 0 Å². The molecule has 8 heteroatoms. The first-order chi connectivity index (χ1) is 13.6. The van der Waals surface area contributed by atoms with Crippen LogP contribution < -0.4 is 9.46 Å². The third-order valence-electron chi connectivity index (χ3n) is 3.88. The van der Waals surface area contributed by atoms with Crippen molar-refractivity contribution in [1.29, 1.82) is 0 Å². The van der Waals surface area contributed by atoms with Crippen LogP contribution in [0.3, 0.4) is 0 Å². The highest BCUT2D eigenvalue weighted by atomic mass is 32.2. The molecule has 0 aliphatic rings. The molecule has 140 valence electrons. The van der Waals surface area contributed by atoms with Crippen molar-refractivity contribution >= 4 is 15.7 Å². The lowest BCUT2D eigenvalue weighted by Gasteiger charge is -2.10. The van der Waals surface area contributed by atoms with Gasteiger partial charge in [0, 0.05) is 24.1 Å². The Kier molecular flexibility index (Phi) is 4.77. The minimum Gasteiger partial charge on any atom is -0.439 e. The van der Waals surface area contributed by atoms with E-state index in [1.165, 1.54) is 18.5 Å². The van der Waals surface area contributed by atoms with E-state index in [-0.39, 0.29) is 4.90 Å². The molecule has 7 nitrogen and oxygen atoms in total. The maximum atomic E-state index is 12.4. The van der Waals surface area contributed by atoms with Gasteiger partial charge in [0.15, 0.2) is 0 Å². The Morgan fingerprint density at radius 1 is 0.857 bits per heavy atom. The lowest BCUT2D eigenvalue weighted by Crippen LogP contribution is -2.12. The number of rotatable bonds is 6. The van der Waals surface area contributed by atoms with Crippen LogP contribution in [0, 0.1) is 0 Å². The largest absolute Gasteiger partial charge is 0.439 e. The van der Waals surface area contributed by atoms with Gasteiger partial charge in [0.05, 0.1) is 4.90 Å². The van der Waals surface area contributed by atoms with Gasteiger partial charge in [-0.3, -0.25) is 4.72 Å². The molecule has 0 saturated heterocycles. The monoisotopic (exact) mass is 392 g/mol. The summed E-state index contributed by atoms with van der Waals surface area (Å²) < 4.78 is 34.9. The van der Waals surface area contributed by atoms with Gasteiger partial charge in [-0.2, -0.15) is 0 Å². The molecule has 28 heavy (non-hydrogen) atoms. The summed E-state index contributed by atoms with van der Waals surface area (Å²) in [6.45, 7) is 0. The van der Waals surface area contributed by atoms with E-state index in [2.05, 4.69) is 14.7 Å². The minimum absolute atomic E-state index is 0.203. The zero-order chi connectivity index (χ0) is 19.4. The SMILES string of the molecule is O=S(=O)(Nc1ccc(Oc2cc(-n3cccc3)ncn2)cc1)c1ccccc1. The summed E-state index contributed by atoms with van der Waals surface area (Å²) in [5, 5.41) is 0. The van der Waals surface area contributed by atoms with Crippen molar-refractivity contribution < 1.29 is 13.2 Å². The number of ether oxygens (including phenoxy) is 1. The average molecular weight is 392 g/mol. The Morgan fingerprint density at radius 2 is 1.57 bits per heavy atom. The molecule has 0 saturated carbocycles. The molecule has 0 atom stereocenters. The fourth-order valence-electron chi connectivity index (χ4n) is 2.54. The first kappa shape index (κ1) is 17.7. The van der Waals surface area contributed by atoms with E-state index in [1.54, 1.807) is 48.5 Å². The van der Waals surface area contributed by atoms with E-state index in [0.717, 1.165) is 0 Å². The molecule has 0 spiro atoms. The topological polar surface area (TPSA) is 86.1 Å². The molecule has 4 rings (SSSR count). The van der Waals surface area contributed by atoms with E-state index in [9.17, 15) is 8.42 Å². The van der Waals surface area contributed by atoms with Crippen molar-refractivity contribution in [2.75, 3.05) is 4.72 Å². The van der Waals surface area contributed by atoms with E-state index < -0.39 is 10.0 Å². The van der Waals surface area contributed by atoms with Gasteiger partial charge in [-0.15, -0.1) is 0 Å². The molecule has 2 aromatic carbocycles. The van der Waals surface area contributed by atoms with Crippen LogP contribution in [0.15, 0.2) is 96.4 Å². The van der Waals surface area contributed by atoms with Crippen molar-refractivity contribution in [1.82, 2.24) is 14.5 Å². The maximum Gasteiger partial charge on any atom is 0.261 e. The van der Waals surface area contributed by atoms with Gasteiger partial charge in [0.2, 0.25) is 5.88 Å². The number of sulfonamides is 1.